The summed E-state index contributed by atoms with van der Waals surface area (Å²) in [7, 11) is 0. The van der Waals surface area contributed by atoms with Gasteiger partial charge in [-0.15, -0.1) is 11.3 Å². The molecule has 0 aromatic carbocycles. The number of hydrogen-bond donors (Lipinski definition) is 1. The summed E-state index contributed by atoms with van der Waals surface area (Å²) in [5.41, 5.74) is 0.426. The van der Waals surface area contributed by atoms with E-state index < -0.39 is 11.0 Å². The summed E-state index contributed by atoms with van der Waals surface area (Å²) in [4.78, 5) is 20.9. The first kappa shape index (κ1) is 19.7. The van der Waals surface area contributed by atoms with Crippen LogP contribution in [0.25, 0.3) is 0 Å². The van der Waals surface area contributed by atoms with Gasteiger partial charge in [-0.25, -0.2) is 0 Å². The zero-order valence-electron chi connectivity index (χ0n) is 17.9. The molecule has 1 aromatic rings. The van der Waals surface area contributed by atoms with Crippen LogP contribution in [0.1, 0.15) is 74.8 Å². The average Bonchev–Trinajstić information content (AvgIpc) is 3.04. The van der Waals surface area contributed by atoms with Gasteiger partial charge in [-0.3, -0.25) is 4.79 Å². The first-order valence-electron chi connectivity index (χ1n) is 12.1. The molecular formula is C24H34N2O3S. The van der Waals surface area contributed by atoms with Crippen molar-refractivity contribution in [3.05, 3.63) is 15.4 Å². The second kappa shape index (κ2) is 7.28. The van der Waals surface area contributed by atoms with Gasteiger partial charge in [0.1, 0.15) is 0 Å². The Morgan fingerprint density at radius 2 is 1.87 bits per heavy atom. The van der Waals surface area contributed by atoms with E-state index in [4.69, 9.17) is 9.73 Å². The predicted molar refractivity (Wildman–Crippen MR) is 115 cm³/mol. The fourth-order valence-electron chi connectivity index (χ4n) is 7.67. The molecule has 5 nitrogen and oxygen atoms in total. The number of carbonyl (C=O) groups is 1. The van der Waals surface area contributed by atoms with E-state index in [0.29, 0.717) is 24.2 Å². The lowest BCUT2D eigenvalue weighted by Crippen LogP contribution is -2.58. The monoisotopic (exact) mass is 430 g/mol. The van der Waals surface area contributed by atoms with Crippen LogP contribution in [0.15, 0.2) is 4.99 Å². The molecule has 4 saturated carbocycles. The first-order valence-corrected chi connectivity index (χ1v) is 12.9. The van der Waals surface area contributed by atoms with Crippen molar-refractivity contribution in [1.29, 1.82) is 0 Å². The van der Waals surface area contributed by atoms with Gasteiger partial charge < -0.3 is 14.4 Å². The second-order valence-electron chi connectivity index (χ2n) is 11.0. The van der Waals surface area contributed by atoms with Gasteiger partial charge in [0, 0.05) is 30.3 Å². The lowest BCUT2D eigenvalue weighted by molar-refractivity contribution is -0.175. The minimum atomic E-state index is -0.609. The Hall–Kier alpha value is -0.980. The maximum absolute atomic E-state index is 13.7. The Morgan fingerprint density at radius 1 is 1.13 bits per heavy atom. The van der Waals surface area contributed by atoms with Gasteiger partial charge >= 0.3 is 0 Å². The third kappa shape index (κ3) is 3.34. The summed E-state index contributed by atoms with van der Waals surface area (Å²) in [6.07, 6.45) is 12.5. The molecule has 30 heavy (non-hydrogen) atoms. The molecule has 2 heterocycles. The smallest absolute Gasteiger partial charge is 0.254 e. The van der Waals surface area contributed by atoms with Crippen LogP contribution in [0.2, 0.25) is 0 Å². The lowest BCUT2D eigenvalue weighted by atomic mass is 9.47. The summed E-state index contributed by atoms with van der Waals surface area (Å²) in [6.45, 7) is 2.68. The molecule has 0 spiro atoms. The van der Waals surface area contributed by atoms with Crippen LogP contribution in [0.4, 0.5) is 0 Å². The topological polar surface area (TPSA) is 63.8 Å². The van der Waals surface area contributed by atoms with Gasteiger partial charge in [-0.1, -0.05) is 0 Å². The van der Waals surface area contributed by atoms with Crippen molar-refractivity contribution in [2.45, 2.75) is 89.2 Å². The van der Waals surface area contributed by atoms with Gasteiger partial charge in [-0.05, 0) is 94.8 Å². The Balaban J connectivity index is 1.35. The maximum Gasteiger partial charge on any atom is 0.254 e. The maximum atomic E-state index is 13.7. The van der Waals surface area contributed by atoms with Crippen molar-refractivity contribution in [1.82, 2.24) is 4.57 Å². The quantitative estimate of drug-likeness (QED) is 0.797. The number of aliphatic hydroxyl groups is 1. The second-order valence-corrected chi connectivity index (χ2v) is 12.1. The fraction of sp³-hybridized carbons (Fsp3) is 0.833. The number of thiazole rings is 1. The van der Waals surface area contributed by atoms with Crippen LogP contribution in [-0.2, 0) is 28.9 Å². The highest BCUT2D eigenvalue weighted by atomic mass is 32.1. The van der Waals surface area contributed by atoms with E-state index in [1.165, 1.54) is 29.8 Å². The van der Waals surface area contributed by atoms with E-state index in [-0.39, 0.29) is 5.91 Å². The molecule has 5 fully saturated rings. The molecule has 1 N–H and O–H groups in total. The average molecular weight is 431 g/mol. The van der Waals surface area contributed by atoms with Crippen LogP contribution in [-0.4, -0.2) is 34.4 Å². The number of ether oxygens (including phenoxy) is 1. The summed E-state index contributed by atoms with van der Waals surface area (Å²) in [5.74, 6) is 1.71. The highest BCUT2D eigenvalue weighted by Crippen LogP contribution is 2.62. The van der Waals surface area contributed by atoms with Gasteiger partial charge in [0.15, 0.2) is 4.80 Å². The number of fused-ring (bicyclic) bond motifs is 1. The molecule has 2 unspecified atom stereocenters. The number of hydrogen-bond acceptors (Lipinski definition) is 4. The molecule has 1 aliphatic heterocycles. The van der Waals surface area contributed by atoms with E-state index in [0.717, 1.165) is 75.9 Å². The molecular weight excluding hydrogens is 396 g/mol. The van der Waals surface area contributed by atoms with E-state index in [1.54, 1.807) is 11.3 Å². The van der Waals surface area contributed by atoms with Crippen molar-refractivity contribution in [3.8, 4) is 0 Å². The summed E-state index contributed by atoms with van der Waals surface area (Å²) < 4.78 is 7.97. The van der Waals surface area contributed by atoms with Crippen LogP contribution in [0, 0.1) is 23.2 Å². The molecule has 164 valence electrons. The molecule has 2 atom stereocenters. The number of carbonyl (C=O) groups excluding carboxylic acids is 1. The van der Waals surface area contributed by atoms with Gasteiger partial charge in [0.2, 0.25) is 0 Å². The third-order valence-electron chi connectivity index (χ3n) is 8.62. The molecule has 1 aromatic heterocycles. The number of nitrogens with zero attached hydrogens (tertiary/aromatic N) is 2. The normalized spacial score (nSPS) is 38.8. The highest BCUT2D eigenvalue weighted by Gasteiger charge is 2.60. The minimum Gasteiger partial charge on any atom is -0.390 e. The summed E-state index contributed by atoms with van der Waals surface area (Å²) in [6, 6.07) is 0. The molecule has 6 heteroatoms. The SMILES string of the molecule is O=C(/N=c1\sc2c(n1CC1CCOCC1)CCCC2)C12CC3CC(CC(O)(C3)C1)C2. The van der Waals surface area contributed by atoms with Crippen LogP contribution in [0.5, 0.6) is 0 Å². The number of aromatic nitrogens is 1. The van der Waals surface area contributed by atoms with Crippen molar-refractivity contribution < 1.29 is 14.6 Å². The van der Waals surface area contributed by atoms with Gasteiger partial charge in [-0.2, -0.15) is 4.99 Å². The molecule has 5 aliphatic carbocycles. The van der Waals surface area contributed by atoms with Crippen LogP contribution < -0.4 is 4.80 Å². The van der Waals surface area contributed by atoms with Gasteiger partial charge in [0.05, 0.1) is 11.0 Å². The lowest BCUT2D eigenvalue weighted by Gasteiger charge is -2.58. The van der Waals surface area contributed by atoms with Crippen LogP contribution in [0.3, 0.4) is 0 Å². The molecule has 0 radical (unpaired) electrons. The Morgan fingerprint density at radius 3 is 2.60 bits per heavy atom. The molecule has 7 rings (SSSR count). The van der Waals surface area contributed by atoms with E-state index in [1.807, 2.05) is 0 Å². The Bertz CT molecular complexity index is 896. The molecule has 4 bridgehead atoms. The van der Waals surface area contributed by atoms with E-state index in [9.17, 15) is 9.90 Å². The minimum absolute atomic E-state index is 0.0642. The van der Waals surface area contributed by atoms with Gasteiger partial charge in [0.25, 0.3) is 5.91 Å². The van der Waals surface area contributed by atoms with Crippen molar-refractivity contribution >= 4 is 17.2 Å². The Kier molecular flexibility index (Phi) is 4.78. The summed E-state index contributed by atoms with van der Waals surface area (Å²) >= 11 is 1.76. The fourth-order valence-corrected chi connectivity index (χ4v) is 8.89. The number of rotatable bonds is 3. The van der Waals surface area contributed by atoms with E-state index in [2.05, 4.69) is 4.57 Å². The molecule has 1 amide bonds. The standard InChI is InChI=1S/C24H34N2O3S/c27-21(23-10-17-9-18(11-23)13-24(28,12-17)15-23)25-22-26(14-16-5-7-29-8-6-16)19-3-1-2-4-20(19)30-22/h16-18,28H,1-15H2/b25-22-. The number of amides is 1. The highest BCUT2D eigenvalue weighted by molar-refractivity contribution is 7.09. The number of aryl methyl sites for hydroxylation is 1. The zero-order valence-corrected chi connectivity index (χ0v) is 18.7. The van der Waals surface area contributed by atoms with Crippen molar-refractivity contribution in [2.75, 3.05) is 13.2 Å². The van der Waals surface area contributed by atoms with E-state index >= 15 is 0 Å². The first-order chi connectivity index (χ1) is 14.5. The van der Waals surface area contributed by atoms with Crippen molar-refractivity contribution in [2.24, 2.45) is 28.2 Å². The largest absolute Gasteiger partial charge is 0.390 e. The Labute approximate surface area is 182 Å². The molecule has 1 saturated heterocycles. The zero-order chi connectivity index (χ0) is 20.3. The molecule has 6 aliphatic rings. The van der Waals surface area contributed by atoms with Crippen LogP contribution >= 0.6 is 11.3 Å². The predicted octanol–water partition coefficient (Wildman–Crippen LogP) is 3.61. The summed E-state index contributed by atoms with van der Waals surface area (Å²) in [5, 5.41) is 11.1. The van der Waals surface area contributed by atoms with Crippen molar-refractivity contribution in [3.63, 3.8) is 0 Å². The third-order valence-corrected chi connectivity index (χ3v) is 9.80.